The molecule has 0 saturated heterocycles. The fraction of sp³-hybridized carbons (Fsp3) is 0.367. The number of nitrogens with one attached hydrogen (secondary N) is 1. The Morgan fingerprint density at radius 2 is 1.74 bits per heavy atom. The lowest BCUT2D eigenvalue weighted by Crippen LogP contribution is -2.56. The third-order valence-electron chi connectivity index (χ3n) is 7.86. The van der Waals surface area contributed by atoms with E-state index in [2.05, 4.69) is 5.32 Å². The molecule has 3 aromatic rings. The molecule has 2 atom stereocenters. The molecular weight excluding hydrogens is 600 g/mol. The lowest BCUT2D eigenvalue weighted by atomic mass is 9.70. The monoisotopic (exact) mass is 630 g/mol. The van der Waals surface area contributed by atoms with Gasteiger partial charge in [0.15, 0.2) is 5.75 Å². The second kappa shape index (κ2) is 11.3. The Bertz CT molecular complexity index is 1730. The van der Waals surface area contributed by atoms with Gasteiger partial charge in [-0.05, 0) is 0 Å². The summed E-state index contributed by atoms with van der Waals surface area (Å²) < 4.78 is 48.6. The van der Waals surface area contributed by atoms with E-state index in [0.717, 1.165) is 4.31 Å². The maximum absolute atomic E-state index is 14.5. The number of hydrogen-bond donors (Lipinski definition) is 1. The first-order valence-electron chi connectivity index (χ1n) is 13.5. The first kappa shape index (κ1) is 30.6. The SMILES string of the molecule is COc1cc(OC)c2c(c1Cl)O[C@@]1(C(=O)c3c(oc(-c4ccccc4)c3CC(=O)NCCS(=O)(=O)N(C)C)C[C@H]1C)C2=O. The third-order valence-corrected chi connectivity index (χ3v) is 10.1. The number of halogens is 1. The topological polar surface area (TPSA) is 141 Å². The van der Waals surface area contributed by atoms with Crippen molar-refractivity contribution in [3.63, 3.8) is 0 Å². The van der Waals surface area contributed by atoms with Crippen molar-refractivity contribution in [2.45, 2.75) is 25.4 Å². The molecule has 0 saturated carbocycles. The van der Waals surface area contributed by atoms with E-state index in [-0.39, 0.29) is 64.1 Å². The number of amides is 1. The van der Waals surface area contributed by atoms with Crippen LogP contribution >= 0.6 is 11.6 Å². The number of methoxy groups -OCH3 is 2. The summed E-state index contributed by atoms with van der Waals surface area (Å²) in [4.78, 5) is 41.8. The van der Waals surface area contributed by atoms with E-state index in [0.29, 0.717) is 17.1 Å². The number of benzene rings is 2. The number of ether oxygens (including phenoxy) is 3. The minimum absolute atomic E-state index is 0.0142. The van der Waals surface area contributed by atoms with Crippen LogP contribution in [0.5, 0.6) is 17.2 Å². The minimum Gasteiger partial charge on any atom is -0.496 e. The van der Waals surface area contributed by atoms with Crippen molar-refractivity contribution >= 4 is 39.1 Å². The van der Waals surface area contributed by atoms with E-state index < -0.39 is 39.0 Å². The summed E-state index contributed by atoms with van der Waals surface area (Å²) in [5, 5.41) is 2.64. The molecule has 0 radical (unpaired) electrons. The van der Waals surface area contributed by atoms with Gasteiger partial charge in [-0.2, -0.15) is 0 Å². The second-order valence-electron chi connectivity index (χ2n) is 10.6. The second-order valence-corrected chi connectivity index (χ2v) is 13.3. The van der Waals surface area contributed by atoms with Crippen LogP contribution in [0.4, 0.5) is 0 Å². The van der Waals surface area contributed by atoms with Crippen LogP contribution in [0.3, 0.4) is 0 Å². The Balaban J connectivity index is 1.57. The van der Waals surface area contributed by atoms with Crippen molar-refractivity contribution in [2.75, 3.05) is 40.6 Å². The standard InChI is InChI=1S/C30H31ClN2O9S/c1-16-13-20-23(28(35)30(16)29(36)24-19(39-4)15-21(40-5)25(31)27(24)42-30)18(26(41-20)17-9-7-6-8-10-17)14-22(34)32-11-12-43(37,38)33(2)3/h6-10,15-16H,11-14H2,1-5H3,(H,32,34)/t16-,30+/m1/s1. The molecule has 0 fully saturated rings. The zero-order valence-electron chi connectivity index (χ0n) is 24.3. The highest BCUT2D eigenvalue weighted by atomic mass is 35.5. The molecule has 1 N–H and O–H groups in total. The van der Waals surface area contributed by atoms with Gasteiger partial charge in [-0.1, -0.05) is 48.9 Å². The van der Waals surface area contributed by atoms with Crippen LogP contribution in [-0.2, 0) is 27.7 Å². The van der Waals surface area contributed by atoms with Crippen LogP contribution in [0.15, 0.2) is 40.8 Å². The average molecular weight is 631 g/mol. The molecule has 228 valence electrons. The minimum atomic E-state index is -3.54. The number of furan rings is 1. The molecule has 2 aliphatic rings. The number of hydrogen-bond acceptors (Lipinski definition) is 9. The van der Waals surface area contributed by atoms with Gasteiger partial charge in [0, 0.05) is 50.2 Å². The maximum atomic E-state index is 14.5. The fourth-order valence-corrected chi connectivity index (χ4v) is 6.54. The number of carbonyl (C=O) groups is 3. The molecular formula is C30H31ClN2O9S. The Morgan fingerprint density at radius 1 is 1.09 bits per heavy atom. The largest absolute Gasteiger partial charge is 0.496 e. The lowest BCUT2D eigenvalue weighted by Gasteiger charge is -2.35. The quantitative estimate of drug-likeness (QED) is 0.351. The molecule has 0 unspecified atom stereocenters. The molecule has 1 aromatic heterocycles. The normalized spacial score (nSPS) is 19.3. The van der Waals surface area contributed by atoms with Gasteiger partial charge >= 0.3 is 0 Å². The van der Waals surface area contributed by atoms with Crippen molar-refractivity contribution in [3.05, 3.63) is 63.9 Å². The molecule has 1 aliphatic heterocycles. The molecule has 5 rings (SSSR count). The van der Waals surface area contributed by atoms with Crippen LogP contribution in [0.2, 0.25) is 5.02 Å². The molecule has 1 aliphatic carbocycles. The van der Waals surface area contributed by atoms with Crippen LogP contribution in [0.1, 0.15) is 39.0 Å². The van der Waals surface area contributed by atoms with Crippen molar-refractivity contribution < 1.29 is 41.4 Å². The number of nitrogens with zero attached hydrogens (tertiary/aromatic N) is 1. The summed E-state index contributed by atoms with van der Waals surface area (Å²) in [5.74, 6) is -1.80. The number of Topliss-reactive ketones (excluding diaryl/α,β-unsaturated/α-hetero) is 2. The highest BCUT2D eigenvalue weighted by Gasteiger charge is 2.63. The molecule has 2 heterocycles. The Hall–Kier alpha value is -3.87. The van der Waals surface area contributed by atoms with E-state index >= 15 is 0 Å². The van der Waals surface area contributed by atoms with E-state index in [1.54, 1.807) is 31.2 Å². The average Bonchev–Trinajstić information content (AvgIpc) is 3.49. The number of rotatable bonds is 9. The maximum Gasteiger partial charge on any atom is 0.237 e. The van der Waals surface area contributed by atoms with Gasteiger partial charge in [-0.25, -0.2) is 12.7 Å². The highest BCUT2D eigenvalue weighted by molar-refractivity contribution is 7.89. The van der Waals surface area contributed by atoms with Gasteiger partial charge in [0.05, 0.1) is 32.0 Å². The summed E-state index contributed by atoms with van der Waals surface area (Å²) >= 11 is 6.54. The molecule has 11 nitrogen and oxygen atoms in total. The Labute approximate surface area is 254 Å². The molecule has 13 heteroatoms. The van der Waals surface area contributed by atoms with Gasteiger partial charge in [-0.15, -0.1) is 0 Å². The summed E-state index contributed by atoms with van der Waals surface area (Å²) in [6, 6.07) is 10.4. The van der Waals surface area contributed by atoms with Gasteiger partial charge in [0.1, 0.15) is 33.6 Å². The zero-order chi connectivity index (χ0) is 31.3. The van der Waals surface area contributed by atoms with Crippen molar-refractivity contribution in [3.8, 4) is 28.6 Å². The smallest absolute Gasteiger partial charge is 0.237 e. The van der Waals surface area contributed by atoms with Gasteiger partial charge < -0.3 is 23.9 Å². The van der Waals surface area contributed by atoms with Crippen LogP contribution < -0.4 is 19.5 Å². The van der Waals surface area contributed by atoms with Crippen LogP contribution in [-0.4, -0.2) is 76.4 Å². The zero-order valence-corrected chi connectivity index (χ0v) is 25.8. The molecule has 1 amide bonds. The first-order chi connectivity index (χ1) is 20.4. The van der Waals surface area contributed by atoms with Gasteiger partial charge in [0.2, 0.25) is 33.1 Å². The summed E-state index contributed by atoms with van der Waals surface area (Å²) in [7, 11) is 2.07. The predicted molar refractivity (Wildman–Crippen MR) is 158 cm³/mol. The number of carbonyl (C=O) groups excluding carboxylic acids is 3. The Kier molecular flexibility index (Phi) is 8.05. The third kappa shape index (κ3) is 4.96. The number of fused-ring (bicyclic) bond motifs is 2. The van der Waals surface area contributed by atoms with E-state index in [1.165, 1.54) is 34.4 Å². The molecule has 0 bridgehead atoms. The van der Waals surface area contributed by atoms with Crippen LogP contribution in [0, 0.1) is 5.92 Å². The van der Waals surface area contributed by atoms with Gasteiger partial charge in [-0.3, -0.25) is 14.4 Å². The van der Waals surface area contributed by atoms with Crippen molar-refractivity contribution in [1.82, 2.24) is 9.62 Å². The van der Waals surface area contributed by atoms with Crippen LogP contribution in [0.25, 0.3) is 11.3 Å². The highest BCUT2D eigenvalue weighted by Crippen LogP contribution is 2.54. The van der Waals surface area contributed by atoms with Crippen molar-refractivity contribution in [1.29, 1.82) is 0 Å². The fourth-order valence-electron chi connectivity index (χ4n) is 5.55. The van der Waals surface area contributed by atoms with E-state index in [1.807, 2.05) is 6.07 Å². The summed E-state index contributed by atoms with van der Waals surface area (Å²) in [5.41, 5.74) is -0.975. The molecule has 2 aromatic carbocycles. The number of sulfonamides is 1. The van der Waals surface area contributed by atoms with E-state index in [9.17, 15) is 22.8 Å². The summed E-state index contributed by atoms with van der Waals surface area (Å²) in [6.45, 7) is 1.58. The number of ketones is 2. The molecule has 43 heavy (non-hydrogen) atoms. The van der Waals surface area contributed by atoms with Crippen molar-refractivity contribution in [2.24, 2.45) is 5.92 Å². The van der Waals surface area contributed by atoms with E-state index in [4.69, 9.17) is 30.2 Å². The Morgan fingerprint density at radius 3 is 2.37 bits per heavy atom. The first-order valence-corrected chi connectivity index (χ1v) is 15.5. The molecule has 1 spiro atoms. The lowest BCUT2D eigenvalue weighted by molar-refractivity contribution is -0.120. The summed E-state index contributed by atoms with van der Waals surface area (Å²) in [6.07, 6.45) is -0.152. The predicted octanol–water partition coefficient (Wildman–Crippen LogP) is 3.56. The van der Waals surface area contributed by atoms with Gasteiger partial charge in [0.25, 0.3) is 0 Å².